The second-order valence-electron chi connectivity index (χ2n) is 7.12. The number of aryl methyl sites for hydroxylation is 2. The fourth-order valence-corrected chi connectivity index (χ4v) is 5.21. The molecule has 20 heavy (non-hydrogen) atoms. The Hall–Kier alpha value is -0.450. The number of fused-ring (bicyclic) bond motifs is 2. The normalized spacial score (nSPS) is 37.5. The Labute approximate surface area is 125 Å². The number of thiazole rings is 1. The van der Waals surface area contributed by atoms with Crippen molar-refractivity contribution >= 4 is 11.3 Å². The van der Waals surface area contributed by atoms with Crippen LogP contribution in [0.25, 0.3) is 0 Å². The van der Waals surface area contributed by atoms with Gasteiger partial charge in [0.05, 0.1) is 11.2 Å². The average Bonchev–Trinajstić information content (AvgIpc) is 3.12. The average molecular weight is 291 g/mol. The van der Waals surface area contributed by atoms with E-state index < -0.39 is 0 Å². The molecule has 1 aromatic heterocycles. The molecule has 3 nitrogen and oxygen atoms in total. The third kappa shape index (κ3) is 2.04. The van der Waals surface area contributed by atoms with Gasteiger partial charge in [-0.05, 0) is 59.4 Å². The second kappa shape index (κ2) is 4.52. The van der Waals surface area contributed by atoms with Crippen molar-refractivity contribution in [1.29, 1.82) is 0 Å². The predicted molar refractivity (Wildman–Crippen MR) is 83.2 cm³/mol. The first kappa shape index (κ1) is 13.2. The van der Waals surface area contributed by atoms with Crippen LogP contribution < -0.4 is 5.32 Å². The summed E-state index contributed by atoms with van der Waals surface area (Å²) < 4.78 is 0. The van der Waals surface area contributed by atoms with Crippen LogP contribution >= 0.6 is 11.3 Å². The quantitative estimate of drug-likeness (QED) is 0.928. The molecular formula is C16H25N3S. The summed E-state index contributed by atoms with van der Waals surface area (Å²) in [6.07, 6.45) is 7.97. The summed E-state index contributed by atoms with van der Waals surface area (Å²) in [5.74, 6) is 0. The van der Waals surface area contributed by atoms with Crippen LogP contribution in [-0.4, -0.2) is 35.1 Å². The molecule has 1 aliphatic carbocycles. The number of nitrogens with one attached hydrogen (secondary N) is 1. The van der Waals surface area contributed by atoms with Crippen molar-refractivity contribution in [3.8, 4) is 0 Å². The van der Waals surface area contributed by atoms with E-state index in [-0.39, 0.29) is 5.54 Å². The van der Waals surface area contributed by atoms with Gasteiger partial charge in [-0.25, -0.2) is 4.98 Å². The molecule has 4 heteroatoms. The van der Waals surface area contributed by atoms with Crippen molar-refractivity contribution in [2.75, 3.05) is 7.05 Å². The van der Waals surface area contributed by atoms with Crippen LogP contribution in [0.3, 0.4) is 0 Å². The minimum atomic E-state index is 0.170. The van der Waals surface area contributed by atoms with Gasteiger partial charge in [-0.2, -0.15) is 0 Å². The van der Waals surface area contributed by atoms with Crippen molar-refractivity contribution in [2.24, 2.45) is 0 Å². The van der Waals surface area contributed by atoms with Crippen molar-refractivity contribution in [3.05, 3.63) is 15.6 Å². The van der Waals surface area contributed by atoms with E-state index in [0.717, 1.165) is 18.1 Å². The summed E-state index contributed by atoms with van der Waals surface area (Å²) in [6, 6.07) is 2.26. The van der Waals surface area contributed by atoms with Gasteiger partial charge in [0.25, 0.3) is 0 Å². The zero-order chi connectivity index (χ0) is 13.9. The molecule has 1 N–H and O–H groups in total. The molecule has 2 aliphatic heterocycles. The summed E-state index contributed by atoms with van der Waals surface area (Å²) in [5.41, 5.74) is 1.40. The van der Waals surface area contributed by atoms with Crippen LogP contribution in [-0.2, 0) is 5.54 Å². The Balaban J connectivity index is 1.71. The van der Waals surface area contributed by atoms with Gasteiger partial charge >= 0.3 is 0 Å². The lowest BCUT2D eigenvalue weighted by molar-refractivity contribution is 0.0872. The van der Waals surface area contributed by atoms with Crippen molar-refractivity contribution < 1.29 is 0 Å². The predicted octanol–water partition coefficient (Wildman–Crippen LogP) is 2.96. The number of aromatic nitrogens is 1. The first-order valence-corrected chi connectivity index (χ1v) is 8.83. The van der Waals surface area contributed by atoms with E-state index in [4.69, 9.17) is 4.98 Å². The maximum atomic E-state index is 4.95. The molecule has 2 unspecified atom stereocenters. The molecule has 4 rings (SSSR count). The molecule has 1 aromatic rings. The molecule has 0 radical (unpaired) electrons. The summed E-state index contributed by atoms with van der Waals surface area (Å²) in [6.45, 7) is 4.37. The maximum absolute atomic E-state index is 4.95. The van der Waals surface area contributed by atoms with Crippen molar-refractivity contribution in [1.82, 2.24) is 15.2 Å². The maximum Gasteiger partial charge on any atom is 0.113 e. The van der Waals surface area contributed by atoms with E-state index in [1.54, 1.807) is 0 Å². The molecule has 2 bridgehead atoms. The van der Waals surface area contributed by atoms with Gasteiger partial charge in [0.1, 0.15) is 5.01 Å². The largest absolute Gasteiger partial charge is 0.302 e. The van der Waals surface area contributed by atoms with Crippen molar-refractivity contribution in [3.63, 3.8) is 0 Å². The summed E-state index contributed by atoms with van der Waals surface area (Å²) in [7, 11) is 2.32. The van der Waals surface area contributed by atoms with Gasteiger partial charge in [-0.15, -0.1) is 11.3 Å². The molecule has 1 saturated carbocycles. The molecule has 3 aliphatic rings. The zero-order valence-corrected chi connectivity index (χ0v) is 13.6. The third-order valence-corrected chi connectivity index (χ3v) is 6.93. The highest BCUT2D eigenvalue weighted by Crippen LogP contribution is 2.47. The fourth-order valence-electron chi connectivity index (χ4n) is 4.12. The first-order valence-electron chi connectivity index (χ1n) is 8.01. The molecule has 3 fully saturated rings. The van der Waals surface area contributed by atoms with Gasteiger partial charge in [0.15, 0.2) is 0 Å². The van der Waals surface area contributed by atoms with Gasteiger partial charge in [-0.3, -0.25) is 0 Å². The van der Waals surface area contributed by atoms with E-state index in [2.05, 4.69) is 31.1 Å². The van der Waals surface area contributed by atoms with Gasteiger partial charge in [-0.1, -0.05) is 0 Å². The SMILES string of the molecule is Cc1nc(C2(NC3CC3)CC3CCC(C2)N3C)sc1C. The van der Waals surface area contributed by atoms with E-state index in [1.165, 1.54) is 54.1 Å². The summed E-state index contributed by atoms with van der Waals surface area (Å²) in [5, 5.41) is 5.37. The van der Waals surface area contributed by atoms with Gasteiger partial charge in [0.2, 0.25) is 0 Å². The number of hydrogen-bond acceptors (Lipinski definition) is 4. The lowest BCUT2D eigenvalue weighted by atomic mass is 9.83. The standard InChI is InChI=1S/C16H25N3S/c1-10-11(2)20-15(17-10)16(18-12-4-5-12)8-13-6-7-14(9-16)19(13)3/h12-14,18H,4-9H2,1-3H3. The smallest absolute Gasteiger partial charge is 0.113 e. The molecule has 2 saturated heterocycles. The summed E-state index contributed by atoms with van der Waals surface area (Å²) in [4.78, 5) is 8.96. The van der Waals surface area contributed by atoms with Crippen LogP contribution in [0.1, 0.15) is 54.1 Å². The highest BCUT2D eigenvalue weighted by molar-refractivity contribution is 7.11. The molecule has 0 aromatic carbocycles. The zero-order valence-electron chi connectivity index (χ0n) is 12.8. The topological polar surface area (TPSA) is 28.2 Å². The number of rotatable bonds is 3. The fraction of sp³-hybridized carbons (Fsp3) is 0.812. The van der Waals surface area contributed by atoms with E-state index in [1.807, 2.05) is 11.3 Å². The van der Waals surface area contributed by atoms with Crippen LogP contribution in [0.4, 0.5) is 0 Å². The highest BCUT2D eigenvalue weighted by atomic mass is 32.1. The Kier molecular flexibility index (Phi) is 2.99. The van der Waals surface area contributed by atoms with E-state index in [0.29, 0.717) is 0 Å². The number of hydrogen-bond donors (Lipinski definition) is 1. The van der Waals surface area contributed by atoms with E-state index >= 15 is 0 Å². The molecule has 2 atom stereocenters. The minimum Gasteiger partial charge on any atom is -0.302 e. The van der Waals surface area contributed by atoms with Gasteiger partial charge < -0.3 is 10.2 Å². The summed E-state index contributed by atoms with van der Waals surface area (Å²) >= 11 is 1.93. The lowest BCUT2D eigenvalue weighted by Crippen LogP contribution is -2.55. The molecule has 3 heterocycles. The molecule has 110 valence electrons. The van der Waals surface area contributed by atoms with Crippen LogP contribution in [0.15, 0.2) is 0 Å². The minimum absolute atomic E-state index is 0.170. The molecular weight excluding hydrogens is 266 g/mol. The highest BCUT2D eigenvalue weighted by Gasteiger charge is 2.50. The number of piperidine rings is 1. The molecule has 0 spiro atoms. The first-order chi connectivity index (χ1) is 9.57. The van der Waals surface area contributed by atoms with Crippen LogP contribution in [0, 0.1) is 13.8 Å². The monoisotopic (exact) mass is 291 g/mol. The Morgan fingerprint density at radius 1 is 1.15 bits per heavy atom. The number of nitrogens with zero attached hydrogens (tertiary/aromatic N) is 2. The Morgan fingerprint density at radius 2 is 1.80 bits per heavy atom. The molecule has 0 amide bonds. The van der Waals surface area contributed by atoms with Crippen LogP contribution in [0.2, 0.25) is 0 Å². The van der Waals surface area contributed by atoms with E-state index in [9.17, 15) is 0 Å². The Bertz CT molecular complexity index is 486. The van der Waals surface area contributed by atoms with Crippen molar-refractivity contribution in [2.45, 2.75) is 76.0 Å². The third-order valence-electron chi connectivity index (χ3n) is 5.65. The lowest BCUT2D eigenvalue weighted by Gasteiger charge is -2.45. The van der Waals surface area contributed by atoms with Gasteiger partial charge in [0, 0.05) is 23.0 Å². The van der Waals surface area contributed by atoms with Crippen LogP contribution in [0.5, 0.6) is 0 Å². The second-order valence-corrected chi connectivity index (χ2v) is 8.32. The Morgan fingerprint density at radius 3 is 2.30 bits per heavy atom.